The van der Waals surface area contributed by atoms with Gasteiger partial charge in [0.05, 0.1) is 12.5 Å². The van der Waals surface area contributed by atoms with Gasteiger partial charge in [0.25, 0.3) is 0 Å². The molecule has 0 aliphatic heterocycles. The Kier molecular flexibility index (Phi) is 6.51. The molecule has 0 N–H and O–H groups in total. The standard InChI is InChI=1S/C13H23ClN2O3S/c1-5-19-7-6-15(4)20(17,18)13-8-12(9-14)16(10-13)11(2)3/h8,10-11H,5-7,9H2,1-4H3. The highest BCUT2D eigenvalue weighted by Gasteiger charge is 2.23. The van der Waals surface area contributed by atoms with Crippen molar-refractivity contribution >= 4 is 21.6 Å². The first kappa shape index (κ1) is 17.5. The summed E-state index contributed by atoms with van der Waals surface area (Å²) in [5.74, 6) is 0.288. The lowest BCUT2D eigenvalue weighted by Gasteiger charge is -2.16. The van der Waals surface area contributed by atoms with Crippen LogP contribution in [0.4, 0.5) is 0 Å². The van der Waals surface area contributed by atoms with Gasteiger partial charge in [0.1, 0.15) is 4.90 Å². The zero-order chi connectivity index (χ0) is 15.3. The van der Waals surface area contributed by atoms with Crippen LogP contribution < -0.4 is 0 Å². The molecule has 20 heavy (non-hydrogen) atoms. The maximum absolute atomic E-state index is 12.4. The lowest BCUT2D eigenvalue weighted by atomic mass is 10.4. The van der Waals surface area contributed by atoms with Gasteiger partial charge in [-0.1, -0.05) is 0 Å². The molecule has 0 aliphatic carbocycles. The Labute approximate surface area is 126 Å². The van der Waals surface area contributed by atoms with Crippen molar-refractivity contribution < 1.29 is 13.2 Å². The molecule has 5 nitrogen and oxygen atoms in total. The van der Waals surface area contributed by atoms with Crippen molar-refractivity contribution in [2.24, 2.45) is 0 Å². The minimum absolute atomic E-state index is 0.168. The normalized spacial score (nSPS) is 12.6. The molecule has 0 aromatic carbocycles. The van der Waals surface area contributed by atoms with Crippen LogP contribution >= 0.6 is 11.6 Å². The van der Waals surface area contributed by atoms with Gasteiger partial charge in [-0.15, -0.1) is 11.6 Å². The predicted molar refractivity (Wildman–Crippen MR) is 80.7 cm³/mol. The highest BCUT2D eigenvalue weighted by atomic mass is 35.5. The lowest BCUT2D eigenvalue weighted by Crippen LogP contribution is -2.30. The van der Waals surface area contributed by atoms with Crippen molar-refractivity contribution in [1.82, 2.24) is 8.87 Å². The summed E-state index contributed by atoms with van der Waals surface area (Å²) in [6, 6.07) is 1.81. The third-order valence-corrected chi connectivity index (χ3v) is 5.16. The van der Waals surface area contributed by atoms with Gasteiger partial charge in [-0.3, -0.25) is 0 Å². The first-order chi connectivity index (χ1) is 9.34. The lowest BCUT2D eigenvalue weighted by molar-refractivity contribution is 0.138. The van der Waals surface area contributed by atoms with Crippen LogP contribution in [0.1, 0.15) is 32.5 Å². The van der Waals surface area contributed by atoms with E-state index in [0.29, 0.717) is 19.8 Å². The second kappa shape index (κ2) is 7.45. The third-order valence-electron chi connectivity index (χ3n) is 3.06. The van der Waals surface area contributed by atoms with Gasteiger partial charge in [0.2, 0.25) is 10.0 Å². The Morgan fingerprint density at radius 2 is 2.10 bits per heavy atom. The quantitative estimate of drug-likeness (QED) is 0.545. The molecule has 1 aromatic rings. The fourth-order valence-corrected chi connectivity index (χ4v) is 3.28. The summed E-state index contributed by atoms with van der Waals surface area (Å²) in [7, 11) is -1.93. The average molecular weight is 323 g/mol. The highest BCUT2D eigenvalue weighted by Crippen LogP contribution is 2.22. The van der Waals surface area contributed by atoms with E-state index in [4.69, 9.17) is 16.3 Å². The van der Waals surface area contributed by atoms with E-state index in [2.05, 4.69) is 0 Å². The zero-order valence-electron chi connectivity index (χ0n) is 12.5. The van der Waals surface area contributed by atoms with Crippen molar-refractivity contribution in [3.63, 3.8) is 0 Å². The molecule has 0 amide bonds. The second-order valence-corrected chi connectivity index (χ2v) is 7.14. The number of sulfonamides is 1. The van der Waals surface area contributed by atoms with Crippen LogP contribution in [0.15, 0.2) is 17.2 Å². The van der Waals surface area contributed by atoms with Gasteiger partial charge >= 0.3 is 0 Å². The Balaban J connectivity index is 2.97. The number of hydrogen-bond acceptors (Lipinski definition) is 3. The van der Waals surface area contributed by atoms with Gasteiger partial charge in [-0.25, -0.2) is 8.42 Å². The first-order valence-electron chi connectivity index (χ1n) is 6.65. The minimum atomic E-state index is -3.49. The molecule has 0 saturated carbocycles. The summed E-state index contributed by atoms with van der Waals surface area (Å²) < 4.78 is 33.3. The van der Waals surface area contributed by atoms with E-state index in [1.165, 1.54) is 4.31 Å². The summed E-state index contributed by atoms with van der Waals surface area (Å²) in [5.41, 5.74) is 0.804. The van der Waals surface area contributed by atoms with Crippen molar-refractivity contribution in [3.05, 3.63) is 18.0 Å². The van der Waals surface area contributed by atoms with Gasteiger partial charge in [0, 0.05) is 38.1 Å². The number of ether oxygens (including phenoxy) is 1. The molecule has 0 bridgehead atoms. The van der Waals surface area contributed by atoms with E-state index in [9.17, 15) is 8.42 Å². The van der Waals surface area contributed by atoms with Crippen LogP contribution in [0.3, 0.4) is 0 Å². The van der Waals surface area contributed by atoms with Crippen LogP contribution in [0.5, 0.6) is 0 Å². The third kappa shape index (κ3) is 3.97. The summed E-state index contributed by atoms with van der Waals surface area (Å²) in [6.07, 6.45) is 1.65. The molecule has 1 rings (SSSR count). The molecule has 0 unspecified atom stereocenters. The minimum Gasteiger partial charge on any atom is -0.380 e. The summed E-state index contributed by atoms with van der Waals surface area (Å²) in [4.78, 5) is 0.279. The van der Waals surface area contributed by atoms with Crippen LogP contribution in [0.2, 0.25) is 0 Å². The van der Waals surface area contributed by atoms with Crippen LogP contribution in [0.25, 0.3) is 0 Å². The maximum Gasteiger partial charge on any atom is 0.244 e. The van der Waals surface area contributed by atoms with E-state index in [-0.39, 0.29) is 16.8 Å². The van der Waals surface area contributed by atoms with Gasteiger partial charge in [-0.05, 0) is 26.8 Å². The topological polar surface area (TPSA) is 51.5 Å². The average Bonchev–Trinajstić information content (AvgIpc) is 2.83. The van der Waals surface area contributed by atoms with E-state index >= 15 is 0 Å². The molecule has 0 atom stereocenters. The molecular formula is C13H23ClN2O3S. The zero-order valence-corrected chi connectivity index (χ0v) is 14.0. The van der Waals surface area contributed by atoms with E-state index in [1.54, 1.807) is 19.3 Å². The Hall–Kier alpha value is -0.560. The fourth-order valence-electron chi connectivity index (χ4n) is 1.86. The van der Waals surface area contributed by atoms with Gasteiger partial charge in [-0.2, -0.15) is 4.31 Å². The van der Waals surface area contributed by atoms with Gasteiger partial charge < -0.3 is 9.30 Å². The van der Waals surface area contributed by atoms with Gasteiger partial charge in [0.15, 0.2) is 0 Å². The van der Waals surface area contributed by atoms with Crippen LogP contribution in [-0.2, 0) is 20.6 Å². The molecule has 0 fully saturated rings. The molecule has 1 heterocycles. The highest BCUT2D eigenvalue weighted by molar-refractivity contribution is 7.89. The first-order valence-corrected chi connectivity index (χ1v) is 8.62. The number of alkyl halides is 1. The Morgan fingerprint density at radius 1 is 1.45 bits per heavy atom. The fraction of sp³-hybridized carbons (Fsp3) is 0.692. The Morgan fingerprint density at radius 3 is 2.55 bits per heavy atom. The van der Waals surface area contributed by atoms with Crippen molar-refractivity contribution in [3.8, 4) is 0 Å². The summed E-state index contributed by atoms with van der Waals surface area (Å²) >= 11 is 5.87. The molecule has 0 saturated heterocycles. The second-order valence-electron chi connectivity index (χ2n) is 4.83. The van der Waals surface area contributed by atoms with E-state index in [0.717, 1.165) is 5.69 Å². The molecule has 0 spiro atoms. The van der Waals surface area contributed by atoms with E-state index < -0.39 is 10.0 Å². The van der Waals surface area contributed by atoms with Crippen molar-refractivity contribution in [2.45, 2.75) is 37.6 Å². The Bertz CT molecular complexity index is 526. The number of nitrogens with zero attached hydrogens (tertiary/aromatic N) is 2. The molecule has 7 heteroatoms. The molecule has 0 radical (unpaired) electrons. The van der Waals surface area contributed by atoms with E-state index in [1.807, 2.05) is 25.3 Å². The molecule has 0 aliphatic rings. The number of hydrogen-bond donors (Lipinski definition) is 0. The molecule has 1 aromatic heterocycles. The predicted octanol–water partition coefficient (Wildman–Crippen LogP) is 2.46. The monoisotopic (exact) mass is 322 g/mol. The van der Waals surface area contributed by atoms with Crippen molar-refractivity contribution in [1.29, 1.82) is 0 Å². The summed E-state index contributed by atoms with van der Waals surface area (Å²) in [5, 5.41) is 0. The van der Waals surface area contributed by atoms with Crippen molar-refractivity contribution in [2.75, 3.05) is 26.8 Å². The molecule has 116 valence electrons. The largest absolute Gasteiger partial charge is 0.380 e. The number of likely N-dealkylation sites (N-methyl/N-ethyl adjacent to an activating group) is 1. The smallest absolute Gasteiger partial charge is 0.244 e. The number of halogens is 1. The maximum atomic E-state index is 12.4. The summed E-state index contributed by atoms with van der Waals surface area (Å²) in [6.45, 7) is 7.16. The number of aromatic nitrogens is 1. The number of rotatable bonds is 8. The molecular weight excluding hydrogens is 300 g/mol. The SMILES string of the molecule is CCOCCN(C)S(=O)(=O)c1cc(CCl)n(C(C)C)c1. The van der Waals surface area contributed by atoms with Crippen LogP contribution in [-0.4, -0.2) is 44.1 Å². The van der Waals surface area contributed by atoms with Crippen LogP contribution in [0, 0.1) is 0 Å².